The number of esters is 2. The van der Waals surface area contributed by atoms with Crippen molar-refractivity contribution in [2.75, 3.05) is 19.8 Å². The number of carbonyl (C=O) groups excluding carboxylic acids is 2. The second-order valence-corrected chi connectivity index (χ2v) is 14.9. The topological polar surface area (TPSA) is 61.8 Å². The van der Waals surface area contributed by atoms with Crippen molar-refractivity contribution in [1.82, 2.24) is 0 Å². The molecule has 0 spiro atoms. The Morgan fingerprint density at radius 3 is 1.31 bits per heavy atom. The fraction of sp³-hybridized carbons (Fsp3) is 0.623. The lowest BCUT2D eigenvalue weighted by Gasteiger charge is -2.18. The van der Waals surface area contributed by atoms with Gasteiger partial charge in [-0.15, -0.1) is 0 Å². The van der Waals surface area contributed by atoms with Gasteiger partial charge in [-0.05, 0) is 89.9 Å². The van der Waals surface area contributed by atoms with Crippen molar-refractivity contribution >= 4 is 11.9 Å². The molecule has 0 aromatic rings. The molecule has 0 aromatic carbocycles. The van der Waals surface area contributed by atoms with Crippen LogP contribution in [0.15, 0.2) is 109 Å². The predicted octanol–water partition coefficient (Wildman–Crippen LogP) is 15.7. The van der Waals surface area contributed by atoms with Crippen LogP contribution in [0.2, 0.25) is 0 Å². The second kappa shape index (κ2) is 47.9. The van der Waals surface area contributed by atoms with E-state index < -0.39 is 6.10 Å². The van der Waals surface area contributed by atoms with Crippen molar-refractivity contribution in [2.24, 2.45) is 0 Å². The number of hydrogen-bond donors (Lipinski definition) is 0. The molecule has 0 aromatic heterocycles. The van der Waals surface area contributed by atoms with E-state index in [0.717, 1.165) is 89.9 Å². The Labute approximate surface area is 357 Å². The largest absolute Gasteiger partial charge is 0.462 e. The minimum Gasteiger partial charge on any atom is -0.462 e. The maximum absolute atomic E-state index is 12.6. The standard InChI is InChI=1S/C53H86O5/c1-4-7-10-13-15-17-19-21-23-25-27-28-30-32-34-36-38-41-43-46-52(54)57-50-51(58-53(55)47-44-40-12-9-6-3)49-56-48-45-42-39-37-35-33-31-29-26-24-22-20-18-16-14-11-8-5-2/h7-8,10-11,15-18,21-24,27-28,32,34,38,41,51H,4-6,9,12-14,19-20,25-26,29-31,33,35-37,39-40,42-50H2,1-3H3/b10-7-,11-8-,17-15-,18-16-,23-21-,24-22-,28-27-,34-32-,41-38-. The van der Waals surface area contributed by atoms with Gasteiger partial charge in [-0.2, -0.15) is 0 Å². The molecular weight excluding hydrogens is 717 g/mol. The summed E-state index contributed by atoms with van der Waals surface area (Å²) in [6, 6.07) is 0. The second-order valence-electron chi connectivity index (χ2n) is 14.9. The summed E-state index contributed by atoms with van der Waals surface area (Å²) in [4.78, 5) is 25.0. The summed E-state index contributed by atoms with van der Waals surface area (Å²) in [5, 5.41) is 0. The Balaban J connectivity index is 4.20. The highest BCUT2D eigenvalue weighted by atomic mass is 16.6. The fourth-order valence-corrected chi connectivity index (χ4v) is 5.90. The molecule has 0 aliphatic carbocycles. The van der Waals surface area contributed by atoms with Gasteiger partial charge in [-0.25, -0.2) is 0 Å². The number of unbranched alkanes of at least 4 members (excludes halogenated alkanes) is 12. The molecule has 0 aliphatic heterocycles. The number of carbonyl (C=O) groups is 2. The Hall–Kier alpha value is -3.44. The lowest BCUT2D eigenvalue weighted by Crippen LogP contribution is -2.30. The van der Waals surface area contributed by atoms with Gasteiger partial charge in [0.15, 0.2) is 6.10 Å². The third-order valence-corrected chi connectivity index (χ3v) is 9.32. The van der Waals surface area contributed by atoms with E-state index in [-0.39, 0.29) is 25.2 Å². The summed E-state index contributed by atoms with van der Waals surface area (Å²) in [7, 11) is 0. The first-order chi connectivity index (χ1) is 28.6. The zero-order valence-corrected chi connectivity index (χ0v) is 37.5. The normalized spacial score (nSPS) is 13.2. The number of ether oxygens (including phenoxy) is 3. The molecule has 0 N–H and O–H groups in total. The minimum atomic E-state index is -0.572. The lowest BCUT2D eigenvalue weighted by atomic mass is 10.1. The highest BCUT2D eigenvalue weighted by Crippen LogP contribution is 2.12. The summed E-state index contributed by atoms with van der Waals surface area (Å²) in [5.74, 6) is -0.520. The first kappa shape index (κ1) is 54.6. The van der Waals surface area contributed by atoms with Gasteiger partial charge in [0.25, 0.3) is 0 Å². The maximum atomic E-state index is 12.6. The quantitative estimate of drug-likeness (QED) is 0.0350. The van der Waals surface area contributed by atoms with Crippen LogP contribution in [0.3, 0.4) is 0 Å². The van der Waals surface area contributed by atoms with Gasteiger partial charge in [0.1, 0.15) is 6.61 Å². The molecule has 0 rings (SSSR count). The molecule has 328 valence electrons. The van der Waals surface area contributed by atoms with Gasteiger partial charge >= 0.3 is 11.9 Å². The van der Waals surface area contributed by atoms with E-state index >= 15 is 0 Å². The van der Waals surface area contributed by atoms with Crippen LogP contribution in [-0.4, -0.2) is 37.9 Å². The van der Waals surface area contributed by atoms with E-state index in [2.05, 4.69) is 124 Å². The zero-order chi connectivity index (χ0) is 42.1. The van der Waals surface area contributed by atoms with Crippen molar-refractivity contribution in [2.45, 2.75) is 194 Å². The predicted molar refractivity (Wildman–Crippen MR) is 251 cm³/mol. The van der Waals surface area contributed by atoms with E-state index in [4.69, 9.17) is 14.2 Å². The van der Waals surface area contributed by atoms with Crippen LogP contribution in [0.25, 0.3) is 0 Å². The first-order valence-electron chi connectivity index (χ1n) is 23.4. The third kappa shape index (κ3) is 45.3. The van der Waals surface area contributed by atoms with Crippen LogP contribution < -0.4 is 0 Å². The van der Waals surface area contributed by atoms with Crippen molar-refractivity contribution in [1.29, 1.82) is 0 Å². The van der Waals surface area contributed by atoms with Gasteiger partial charge in [0.05, 0.1) is 6.61 Å². The molecule has 0 saturated heterocycles. The van der Waals surface area contributed by atoms with Crippen LogP contribution in [0, 0.1) is 0 Å². The number of hydrogen-bond acceptors (Lipinski definition) is 5. The summed E-state index contributed by atoms with van der Waals surface area (Å²) < 4.78 is 17.1. The van der Waals surface area contributed by atoms with E-state index in [0.29, 0.717) is 25.9 Å². The third-order valence-electron chi connectivity index (χ3n) is 9.32. The van der Waals surface area contributed by atoms with Crippen LogP contribution in [0.1, 0.15) is 188 Å². The number of allylic oxidation sites excluding steroid dienone is 18. The van der Waals surface area contributed by atoms with E-state index in [1.54, 1.807) is 0 Å². The summed E-state index contributed by atoms with van der Waals surface area (Å²) in [5.41, 5.74) is 0. The van der Waals surface area contributed by atoms with Gasteiger partial charge in [-0.1, -0.05) is 194 Å². The Morgan fingerprint density at radius 1 is 0.397 bits per heavy atom. The number of rotatable bonds is 41. The summed E-state index contributed by atoms with van der Waals surface area (Å²) in [6.07, 6.45) is 65.6. The van der Waals surface area contributed by atoms with Gasteiger partial charge in [-0.3, -0.25) is 9.59 Å². The van der Waals surface area contributed by atoms with Crippen LogP contribution in [0.5, 0.6) is 0 Å². The highest BCUT2D eigenvalue weighted by Gasteiger charge is 2.17. The Kier molecular flexibility index (Phi) is 45.1. The molecule has 0 amide bonds. The Morgan fingerprint density at radius 2 is 0.810 bits per heavy atom. The van der Waals surface area contributed by atoms with Crippen molar-refractivity contribution < 1.29 is 23.8 Å². The molecule has 0 heterocycles. The average molecular weight is 803 g/mol. The van der Waals surface area contributed by atoms with Gasteiger partial charge < -0.3 is 14.2 Å². The maximum Gasteiger partial charge on any atom is 0.306 e. The van der Waals surface area contributed by atoms with Crippen molar-refractivity contribution in [3.05, 3.63) is 109 Å². The van der Waals surface area contributed by atoms with Crippen LogP contribution in [-0.2, 0) is 23.8 Å². The molecule has 0 saturated carbocycles. The van der Waals surface area contributed by atoms with E-state index in [1.807, 2.05) is 6.08 Å². The molecule has 58 heavy (non-hydrogen) atoms. The first-order valence-corrected chi connectivity index (χ1v) is 23.4. The molecule has 1 atom stereocenters. The van der Waals surface area contributed by atoms with Crippen molar-refractivity contribution in [3.8, 4) is 0 Å². The van der Waals surface area contributed by atoms with E-state index in [1.165, 1.54) is 57.8 Å². The lowest BCUT2D eigenvalue weighted by molar-refractivity contribution is -0.162. The molecule has 5 nitrogen and oxygen atoms in total. The molecule has 0 bridgehead atoms. The Bertz CT molecular complexity index is 1180. The molecule has 1 unspecified atom stereocenters. The fourth-order valence-electron chi connectivity index (χ4n) is 5.90. The SMILES string of the molecule is CC/C=C\C/C=C\C/C=C\C/C=C\C/C=C\C/C=C\CCC(=O)OCC(COCCCCCCCCCC/C=C\C/C=C\C/C=C\CC)OC(=O)CCCCCCC. The molecule has 0 fully saturated rings. The minimum absolute atomic E-state index is 0.0357. The monoisotopic (exact) mass is 803 g/mol. The summed E-state index contributed by atoms with van der Waals surface area (Å²) >= 11 is 0. The van der Waals surface area contributed by atoms with Crippen molar-refractivity contribution in [3.63, 3.8) is 0 Å². The molecule has 0 radical (unpaired) electrons. The molecule has 5 heteroatoms. The van der Waals surface area contributed by atoms with Gasteiger partial charge in [0.2, 0.25) is 0 Å². The zero-order valence-electron chi connectivity index (χ0n) is 37.5. The average Bonchev–Trinajstić information content (AvgIpc) is 3.22. The van der Waals surface area contributed by atoms with Crippen LogP contribution in [0.4, 0.5) is 0 Å². The smallest absolute Gasteiger partial charge is 0.306 e. The summed E-state index contributed by atoms with van der Waals surface area (Å²) in [6.45, 7) is 7.41. The van der Waals surface area contributed by atoms with E-state index in [9.17, 15) is 9.59 Å². The van der Waals surface area contributed by atoms with Gasteiger partial charge in [0, 0.05) is 19.4 Å². The molecular formula is C53H86O5. The van der Waals surface area contributed by atoms with Crippen LogP contribution >= 0.6 is 0 Å². The molecule has 0 aliphatic rings. The highest BCUT2D eigenvalue weighted by molar-refractivity contribution is 5.70.